The molecule has 13 heavy (non-hydrogen) atoms. The largest absolute Gasteiger partial charge is 0.489 e. The minimum Gasteiger partial charge on any atom is -0.489 e. The number of H-pyrrole nitrogens is 1. The second kappa shape index (κ2) is 5.31. The molecule has 0 spiro atoms. The first-order valence-corrected chi connectivity index (χ1v) is 4.08. The molecule has 1 rings (SSSR count). The molecule has 0 radical (unpaired) electrons. The molecule has 0 saturated heterocycles. The quantitative estimate of drug-likeness (QED) is 0.663. The lowest BCUT2D eigenvalue weighted by atomic mass is 10.5. The monoisotopic (exact) mass is 184 g/mol. The highest BCUT2D eigenvalue weighted by Crippen LogP contribution is 2.01. The van der Waals surface area contributed by atoms with E-state index in [1.165, 1.54) is 12.3 Å². The zero-order chi connectivity index (χ0) is 9.52. The van der Waals surface area contributed by atoms with Gasteiger partial charge >= 0.3 is 0 Å². The fraction of sp³-hybridized carbons (Fsp3) is 0.500. The molecule has 1 aromatic rings. The molecule has 0 saturated carbocycles. The Morgan fingerprint density at radius 2 is 2.38 bits per heavy atom. The van der Waals surface area contributed by atoms with E-state index < -0.39 is 0 Å². The van der Waals surface area contributed by atoms with Crippen LogP contribution in [-0.2, 0) is 4.74 Å². The van der Waals surface area contributed by atoms with Crippen LogP contribution in [0, 0.1) is 0 Å². The first-order chi connectivity index (χ1) is 6.33. The van der Waals surface area contributed by atoms with E-state index >= 15 is 0 Å². The van der Waals surface area contributed by atoms with Gasteiger partial charge in [-0.1, -0.05) is 0 Å². The third kappa shape index (κ3) is 3.71. The maximum Gasteiger partial charge on any atom is 0.267 e. The highest BCUT2D eigenvalue weighted by Gasteiger charge is 1.94. The Morgan fingerprint density at radius 3 is 3.08 bits per heavy atom. The van der Waals surface area contributed by atoms with Crippen molar-refractivity contribution >= 4 is 0 Å². The molecule has 0 fully saturated rings. The Labute approximate surface area is 75.7 Å². The minimum atomic E-state index is -0.270. The van der Waals surface area contributed by atoms with E-state index in [0.717, 1.165) is 0 Å². The van der Waals surface area contributed by atoms with Gasteiger partial charge in [-0.2, -0.15) is 5.10 Å². The van der Waals surface area contributed by atoms with Gasteiger partial charge in [0.15, 0.2) is 0 Å². The second-order valence-corrected chi connectivity index (χ2v) is 2.33. The van der Waals surface area contributed by atoms with Crippen molar-refractivity contribution in [2.45, 2.75) is 6.92 Å². The molecule has 72 valence electrons. The molecule has 1 N–H and O–H groups in total. The van der Waals surface area contributed by atoms with Crippen molar-refractivity contribution in [3.05, 3.63) is 22.6 Å². The Bertz CT molecular complexity index is 297. The Kier molecular flexibility index (Phi) is 3.98. The number of ether oxygens (including phenoxy) is 2. The number of nitrogens with zero attached hydrogens (tertiary/aromatic N) is 1. The van der Waals surface area contributed by atoms with Gasteiger partial charge in [0.2, 0.25) is 0 Å². The second-order valence-electron chi connectivity index (χ2n) is 2.33. The molecule has 5 nitrogen and oxygen atoms in total. The number of aromatic amines is 1. The lowest BCUT2D eigenvalue weighted by molar-refractivity contribution is 0.110. The summed E-state index contributed by atoms with van der Waals surface area (Å²) in [5.74, 6) is 0.462. The SMILES string of the molecule is CCOCCOc1cn[nH]c(=O)c1. The van der Waals surface area contributed by atoms with Crippen molar-refractivity contribution in [2.24, 2.45) is 0 Å². The topological polar surface area (TPSA) is 64.2 Å². The average Bonchev–Trinajstić information content (AvgIpc) is 2.13. The first-order valence-electron chi connectivity index (χ1n) is 4.08. The molecule has 5 heteroatoms. The fourth-order valence-electron chi connectivity index (χ4n) is 0.800. The van der Waals surface area contributed by atoms with Crippen LogP contribution in [0.1, 0.15) is 6.92 Å². The van der Waals surface area contributed by atoms with E-state index in [2.05, 4.69) is 10.2 Å². The molecular weight excluding hydrogens is 172 g/mol. The van der Waals surface area contributed by atoms with Gasteiger partial charge in [0.05, 0.1) is 12.8 Å². The summed E-state index contributed by atoms with van der Waals surface area (Å²) >= 11 is 0. The Morgan fingerprint density at radius 1 is 1.54 bits per heavy atom. The summed E-state index contributed by atoms with van der Waals surface area (Å²) in [6, 6.07) is 1.35. The molecule has 1 heterocycles. The highest BCUT2D eigenvalue weighted by atomic mass is 16.5. The third-order valence-corrected chi connectivity index (χ3v) is 1.34. The number of nitrogens with one attached hydrogen (secondary N) is 1. The van der Waals surface area contributed by atoms with Crippen molar-refractivity contribution in [2.75, 3.05) is 19.8 Å². The lowest BCUT2D eigenvalue weighted by Gasteiger charge is -2.03. The van der Waals surface area contributed by atoms with Crippen molar-refractivity contribution in [3.8, 4) is 5.75 Å². The van der Waals surface area contributed by atoms with E-state index in [0.29, 0.717) is 25.6 Å². The van der Waals surface area contributed by atoms with E-state index in [1.807, 2.05) is 6.92 Å². The van der Waals surface area contributed by atoms with Crippen LogP contribution in [0.25, 0.3) is 0 Å². The fourth-order valence-corrected chi connectivity index (χ4v) is 0.800. The summed E-state index contributed by atoms with van der Waals surface area (Å²) in [5, 5.41) is 5.84. The van der Waals surface area contributed by atoms with Crippen LogP contribution < -0.4 is 10.3 Å². The van der Waals surface area contributed by atoms with Crippen molar-refractivity contribution < 1.29 is 9.47 Å². The van der Waals surface area contributed by atoms with Crippen LogP contribution in [0.5, 0.6) is 5.75 Å². The summed E-state index contributed by atoms with van der Waals surface area (Å²) in [6.45, 7) is 3.52. The molecule has 1 aromatic heterocycles. The van der Waals surface area contributed by atoms with Gasteiger partial charge in [0.25, 0.3) is 5.56 Å². The predicted octanol–water partition coefficient (Wildman–Crippen LogP) is 0.185. The standard InChI is InChI=1S/C8H12N2O3/c1-2-12-3-4-13-7-5-8(11)10-9-6-7/h5-6H,2-4H2,1H3,(H,10,11). The molecule has 0 bridgehead atoms. The molecule has 0 aromatic carbocycles. The molecule has 0 aliphatic heterocycles. The van der Waals surface area contributed by atoms with E-state index in [-0.39, 0.29) is 5.56 Å². The highest BCUT2D eigenvalue weighted by molar-refractivity contribution is 5.12. The van der Waals surface area contributed by atoms with Crippen LogP contribution in [0.15, 0.2) is 17.1 Å². The van der Waals surface area contributed by atoms with Gasteiger partial charge in [-0.05, 0) is 6.92 Å². The summed E-state index contributed by atoms with van der Waals surface area (Å²) in [4.78, 5) is 10.7. The zero-order valence-corrected chi connectivity index (χ0v) is 7.45. The van der Waals surface area contributed by atoms with Gasteiger partial charge in [0.1, 0.15) is 12.4 Å². The lowest BCUT2D eigenvalue weighted by Crippen LogP contribution is -2.10. The summed E-state index contributed by atoms with van der Waals surface area (Å²) < 4.78 is 10.2. The summed E-state index contributed by atoms with van der Waals surface area (Å²) in [7, 11) is 0. The molecule has 0 amide bonds. The normalized spacial score (nSPS) is 9.92. The number of hydrogen-bond donors (Lipinski definition) is 1. The van der Waals surface area contributed by atoms with E-state index in [4.69, 9.17) is 9.47 Å². The number of hydrogen-bond acceptors (Lipinski definition) is 4. The molecule has 0 unspecified atom stereocenters. The average molecular weight is 184 g/mol. The molecular formula is C8H12N2O3. The van der Waals surface area contributed by atoms with Crippen LogP contribution in [0.4, 0.5) is 0 Å². The zero-order valence-electron chi connectivity index (χ0n) is 7.45. The van der Waals surface area contributed by atoms with E-state index in [1.54, 1.807) is 0 Å². The van der Waals surface area contributed by atoms with Crippen LogP contribution in [-0.4, -0.2) is 30.0 Å². The van der Waals surface area contributed by atoms with Gasteiger partial charge in [0, 0.05) is 12.7 Å². The van der Waals surface area contributed by atoms with Gasteiger partial charge < -0.3 is 9.47 Å². The van der Waals surface area contributed by atoms with Crippen LogP contribution in [0.3, 0.4) is 0 Å². The number of rotatable bonds is 5. The summed E-state index contributed by atoms with van der Waals surface area (Å²) in [6.07, 6.45) is 1.45. The van der Waals surface area contributed by atoms with Crippen molar-refractivity contribution in [3.63, 3.8) is 0 Å². The van der Waals surface area contributed by atoms with Crippen LogP contribution >= 0.6 is 0 Å². The third-order valence-electron chi connectivity index (χ3n) is 1.34. The van der Waals surface area contributed by atoms with Gasteiger partial charge in [-0.3, -0.25) is 4.79 Å². The van der Waals surface area contributed by atoms with Crippen molar-refractivity contribution in [1.29, 1.82) is 0 Å². The van der Waals surface area contributed by atoms with Crippen molar-refractivity contribution in [1.82, 2.24) is 10.2 Å². The smallest absolute Gasteiger partial charge is 0.267 e. The van der Waals surface area contributed by atoms with Crippen LogP contribution in [0.2, 0.25) is 0 Å². The van der Waals surface area contributed by atoms with Gasteiger partial charge in [-0.25, -0.2) is 5.10 Å². The Balaban J connectivity index is 2.33. The molecule has 0 aliphatic carbocycles. The predicted molar refractivity (Wildman–Crippen MR) is 46.8 cm³/mol. The Hall–Kier alpha value is -1.36. The molecule has 0 aliphatic rings. The minimum absolute atomic E-state index is 0.270. The number of aromatic nitrogens is 2. The maximum atomic E-state index is 10.7. The maximum absolute atomic E-state index is 10.7. The van der Waals surface area contributed by atoms with Gasteiger partial charge in [-0.15, -0.1) is 0 Å². The summed E-state index contributed by atoms with van der Waals surface area (Å²) in [5.41, 5.74) is -0.270. The molecule has 0 atom stereocenters. The van der Waals surface area contributed by atoms with E-state index in [9.17, 15) is 4.79 Å². The first kappa shape index (κ1) is 9.73.